The minimum Gasteiger partial charge on any atom is -0.369 e. The van der Waals surface area contributed by atoms with E-state index in [1.54, 1.807) is 25.4 Å². The van der Waals surface area contributed by atoms with Crippen molar-refractivity contribution in [3.05, 3.63) is 41.6 Å². The van der Waals surface area contributed by atoms with Crippen molar-refractivity contribution in [3.8, 4) is 17.9 Å². The first kappa shape index (κ1) is 25.0. The van der Waals surface area contributed by atoms with Crippen molar-refractivity contribution in [2.24, 2.45) is 5.92 Å². The molecule has 8 nitrogen and oxygen atoms in total. The minimum absolute atomic E-state index is 0.0333. The van der Waals surface area contributed by atoms with Gasteiger partial charge in [-0.05, 0) is 63.9 Å². The molecule has 2 aromatic rings. The Labute approximate surface area is 202 Å². The minimum atomic E-state index is -0.202. The first-order valence-electron chi connectivity index (χ1n) is 11.9. The lowest BCUT2D eigenvalue weighted by Crippen LogP contribution is -2.46. The third kappa shape index (κ3) is 7.19. The summed E-state index contributed by atoms with van der Waals surface area (Å²) in [7, 11) is 1.79. The molecule has 3 rings (SSSR count). The molecule has 1 aromatic heterocycles. The summed E-state index contributed by atoms with van der Waals surface area (Å²) >= 11 is 0. The molecule has 1 heterocycles. The van der Waals surface area contributed by atoms with E-state index in [4.69, 9.17) is 5.26 Å². The van der Waals surface area contributed by atoms with E-state index in [1.165, 1.54) is 0 Å². The lowest BCUT2D eigenvalue weighted by molar-refractivity contribution is -0.123. The van der Waals surface area contributed by atoms with Crippen LogP contribution < -0.4 is 21.3 Å². The summed E-state index contributed by atoms with van der Waals surface area (Å²) < 4.78 is 0. The van der Waals surface area contributed by atoms with E-state index in [1.807, 2.05) is 19.1 Å². The monoisotopic (exact) mass is 459 g/mol. The zero-order valence-corrected chi connectivity index (χ0v) is 20.1. The summed E-state index contributed by atoms with van der Waals surface area (Å²) in [6.45, 7) is 4.74. The summed E-state index contributed by atoms with van der Waals surface area (Å²) in [5, 5.41) is 21.6. The number of likely N-dealkylation sites (N-methyl/N-ethyl adjacent to an activating group) is 1. The van der Waals surface area contributed by atoms with Crippen LogP contribution in [0.4, 0.5) is 17.5 Å². The molecule has 1 aliphatic carbocycles. The van der Waals surface area contributed by atoms with Crippen molar-refractivity contribution >= 4 is 23.4 Å². The van der Waals surface area contributed by atoms with Gasteiger partial charge in [0.15, 0.2) is 0 Å². The molecule has 1 saturated carbocycles. The molecule has 3 atom stereocenters. The topological polar surface area (TPSA) is 115 Å². The molecule has 0 bridgehead atoms. The number of benzene rings is 1. The predicted molar refractivity (Wildman–Crippen MR) is 135 cm³/mol. The maximum atomic E-state index is 12.2. The molecule has 1 amide bonds. The van der Waals surface area contributed by atoms with Gasteiger partial charge in [0.05, 0.1) is 29.4 Å². The quantitative estimate of drug-likeness (QED) is 0.446. The van der Waals surface area contributed by atoms with E-state index < -0.39 is 0 Å². The maximum absolute atomic E-state index is 12.2. The van der Waals surface area contributed by atoms with Gasteiger partial charge in [-0.1, -0.05) is 25.2 Å². The van der Waals surface area contributed by atoms with Gasteiger partial charge in [-0.3, -0.25) is 4.79 Å². The Morgan fingerprint density at radius 2 is 2.06 bits per heavy atom. The molecule has 0 spiro atoms. The lowest BCUT2D eigenvalue weighted by Gasteiger charge is -2.28. The van der Waals surface area contributed by atoms with Crippen LogP contribution in [-0.4, -0.2) is 41.6 Å². The molecule has 4 N–H and O–H groups in total. The van der Waals surface area contributed by atoms with Gasteiger partial charge in [-0.2, -0.15) is 10.2 Å². The van der Waals surface area contributed by atoms with E-state index in [0.29, 0.717) is 17.3 Å². The second kappa shape index (κ2) is 12.6. The van der Waals surface area contributed by atoms with Gasteiger partial charge in [0, 0.05) is 24.2 Å². The van der Waals surface area contributed by atoms with Gasteiger partial charge >= 0.3 is 0 Å². The van der Waals surface area contributed by atoms with E-state index in [2.05, 4.69) is 56.1 Å². The van der Waals surface area contributed by atoms with Crippen LogP contribution in [0.15, 0.2) is 30.5 Å². The summed E-state index contributed by atoms with van der Waals surface area (Å²) in [5.74, 6) is 8.09. The number of hydrogen-bond acceptors (Lipinski definition) is 7. The fourth-order valence-corrected chi connectivity index (χ4v) is 3.76. The van der Waals surface area contributed by atoms with E-state index in [-0.39, 0.29) is 23.9 Å². The van der Waals surface area contributed by atoms with Gasteiger partial charge in [0.2, 0.25) is 11.9 Å². The van der Waals surface area contributed by atoms with Crippen molar-refractivity contribution in [1.82, 2.24) is 20.6 Å². The number of amides is 1. The molecular formula is C26H33N7O. The van der Waals surface area contributed by atoms with Crippen LogP contribution in [-0.2, 0) is 4.79 Å². The van der Waals surface area contributed by atoms with Crippen LogP contribution in [0.25, 0.3) is 0 Å². The number of carbonyl (C=O) groups excluding carboxylic acids is 1. The van der Waals surface area contributed by atoms with Gasteiger partial charge in [-0.25, -0.2) is 4.98 Å². The molecule has 8 heteroatoms. The summed E-state index contributed by atoms with van der Waals surface area (Å²) in [6.07, 6.45) is 6.61. The number of rotatable bonds is 8. The maximum Gasteiger partial charge on any atom is 0.237 e. The van der Waals surface area contributed by atoms with Crippen molar-refractivity contribution in [2.75, 3.05) is 24.2 Å². The molecule has 34 heavy (non-hydrogen) atoms. The molecule has 1 aliphatic rings. The van der Waals surface area contributed by atoms with E-state index in [0.717, 1.165) is 49.9 Å². The molecular weight excluding hydrogens is 426 g/mol. The van der Waals surface area contributed by atoms with Crippen molar-refractivity contribution in [1.29, 1.82) is 5.26 Å². The van der Waals surface area contributed by atoms with Crippen molar-refractivity contribution in [3.63, 3.8) is 0 Å². The Bertz CT molecular complexity index is 1070. The Kier molecular flexibility index (Phi) is 9.25. The average Bonchev–Trinajstić information content (AvgIpc) is 2.87. The molecule has 1 unspecified atom stereocenters. The summed E-state index contributed by atoms with van der Waals surface area (Å²) in [5.41, 5.74) is 2.17. The third-order valence-corrected chi connectivity index (χ3v) is 5.86. The second-order valence-corrected chi connectivity index (χ2v) is 8.55. The highest BCUT2D eigenvalue weighted by atomic mass is 16.2. The number of aromatic nitrogens is 2. The van der Waals surface area contributed by atoms with Crippen LogP contribution >= 0.6 is 0 Å². The fraction of sp³-hybridized carbons (Fsp3) is 0.462. The lowest BCUT2D eigenvalue weighted by atomic mass is 9.86. The predicted octanol–water partition coefficient (Wildman–Crippen LogP) is 3.55. The second-order valence-electron chi connectivity index (χ2n) is 8.55. The third-order valence-electron chi connectivity index (χ3n) is 5.86. The van der Waals surface area contributed by atoms with Crippen LogP contribution in [0.3, 0.4) is 0 Å². The normalized spacial score (nSPS) is 18.1. The molecule has 1 aromatic carbocycles. The number of nitrogens with zero attached hydrogens (tertiary/aromatic N) is 3. The summed E-state index contributed by atoms with van der Waals surface area (Å²) in [4.78, 5) is 21.3. The summed E-state index contributed by atoms with van der Waals surface area (Å²) in [6, 6.07) is 9.21. The molecule has 1 fully saturated rings. The van der Waals surface area contributed by atoms with Crippen LogP contribution in [0.1, 0.15) is 57.1 Å². The van der Waals surface area contributed by atoms with Crippen molar-refractivity contribution in [2.45, 2.75) is 58.0 Å². The zero-order valence-electron chi connectivity index (χ0n) is 20.1. The fourth-order valence-electron chi connectivity index (χ4n) is 3.76. The molecule has 0 aliphatic heterocycles. The standard InChI is InChI=1S/C26H33N7O/c1-4-14-29-24-21(17-30-26(33-24)32-22-12-9-20(16-27)10-13-22)11-8-19-6-5-7-23(15-19)31-25(34)18(2)28-3/h9-10,12-13,17-19,23,28H,4-7,14-15H2,1-3H3,(H,31,34)(H2,29,30,32,33)/t18-,19?,23-/m0/s1. The van der Waals surface area contributed by atoms with E-state index in [9.17, 15) is 4.79 Å². The van der Waals surface area contributed by atoms with Crippen LogP contribution in [0.2, 0.25) is 0 Å². The molecule has 0 saturated heterocycles. The highest BCUT2D eigenvalue weighted by molar-refractivity contribution is 5.81. The van der Waals surface area contributed by atoms with Gasteiger partial charge < -0.3 is 21.3 Å². The highest BCUT2D eigenvalue weighted by Crippen LogP contribution is 2.24. The van der Waals surface area contributed by atoms with Gasteiger partial charge in [0.1, 0.15) is 5.82 Å². The Morgan fingerprint density at radius 3 is 2.76 bits per heavy atom. The van der Waals surface area contributed by atoms with E-state index >= 15 is 0 Å². The first-order valence-corrected chi connectivity index (χ1v) is 11.9. The average molecular weight is 460 g/mol. The molecule has 178 valence electrons. The Morgan fingerprint density at radius 1 is 1.26 bits per heavy atom. The van der Waals surface area contributed by atoms with Crippen LogP contribution in [0.5, 0.6) is 0 Å². The zero-order chi connectivity index (χ0) is 24.3. The number of nitriles is 1. The molecule has 0 radical (unpaired) electrons. The van der Waals surface area contributed by atoms with Gasteiger partial charge in [-0.15, -0.1) is 0 Å². The smallest absolute Gasteiger partial charge is 0.237 e. The number of carbonyl (C=O) groups is 1. The number of nitrogens with one attached hydrogen (secondary N) is 4. The number of anilines is 3. The Balaban J connectivity index is 1.70. The Hall–Kier alpha value is -3.62. The van der Waals surface area contributed by atoms with Crippen LogP contribution in [0, 0.1) is 29.1 Å². The highest BCUT2D eigenvalue weighted by Gasteiger charge is 2.23. The SMILES string of the molecule is CCCNc1nc(Nc2ccc(C#N)cc2)ncc1C#CC1CCC[C@H](NC(=O)[C@H](C)NC)C1. The number of hydrogen-bond donors (Lipinski definition) is 4. The van der Waals surface area contributed by atoms with Gasteiger partial charge in [0.25, 0.3) is 0 Å². The van der Waals surface area contributed by atoms with Crippen molar-refractivity contribution < 1.29 is 4.79 Å². The largest absolute Gasteiger partial charge is 0.369 e. The first-order chi connectivity index (χ1) is 16.5.